The van der Waals surface area contributed by atoms with Crippen LogP contribution in [0.2, 0.25) is 0 Å². The summed E-state index contributed by atoms with van der Waals surface area (Å²) in [6.07, 6.45) is 8.73. The van der Waals surface area contributed by atoms with Gasteiger partial charge in [-0.15, -0.1) is 0 Å². The summed E-state index contributed by atoms with van der Waals surface area (Å²) in [5, 5.41) is 0. The van der Waals surface area contributed by atoms with E-state index in [1.807, 2.05) is 18.6 Å². The van der Waals surface area contributed by atoms with Crippen molar-refractivity contribution in [2.75, 3.05) is 6.54 Å². The number of dihydropyridines is 1. The van der Waals surface area contributed by atoms with Crippen molar-refractivity contribution in [1.82, 2.24) is 4.98 Å². The summed E-state index contributed by atoms with van der Waals surface area (Å²) in [5.41, 5.74) is 6.42. The first-order chi connectivity index (χ1) is 9.33. The molecule has 0 aliphatic carbocycles. The van der Waals surface area contributed by atoms with Gasteiger partial charge in [-0.2, -0.15) is 0 Å². The molecule has 0 spiro atoms. The van der Waals surface area contributed by atoms with Gasteiger partial charge in [0.2, 0.25) is 0 Å². The molecule has 0 radical (unpaired) electrons. The zero-order valence-electron chi connectivity index (χ0n) is 11.0. The third kappa shape index (κ3) is 2.63. The Hall–Kier alpha value is -2.22. The summed E-state index contributed by atoms with van der Waals surface area (Å²) in [6.45, 7) is 3.04. The molecule has 1 aliphatic rings. The quantitative estimate of drug-likeness (QED) is 0.791. The third-order valence-corrected chi connectivity index (χ3v) is 3.35. The summed E-state index contributed by atoms with van der Waals surface area (Å²) in [6, 6.07) is 10.8. The van der Waals surface area contributed by atoms with Gasteiger partial charge in [0.05, 0.1) is 0 Å². The first-order valence-corrected chi connectivity index (χ1v) is 6.54. The number of hydrogen-bond donors (Lipinski definition) is 0. The van der Waals surface area contributed by atoms with Crippen molar-refractivity contribution >= 4 is 11.8 Å². The van der Waals surface area contributed by atoms with Crippen LogP contribution < -0.4 is 0 Å². The van der Waals surface area contributed by atoms with E-state index in [4.69, 9.17) is 0 Å². The number of nitrogens with zero attached hydrogens (tertiary/aromatic N) is 2. The molecule has 0 atom stereocenters. The van der Waals surface area contributed by atoms with Gasteiger partial charge in [0.15, 0.2) is 0 Å². The molecule has 0 amide bonds. The number of allylic oxidation sites excluding steroid dienone is 1. The number of aryl methyl sites for hydroxylation is 1. The molecule has 0 saturated heterocycles. The average molecular weight is 248 g/mol. The standard InChI is InChI=1S/C17H16N2/c1-13-10-16(14-2-6-18-7-3-14)12-17(11-13)15-4-8-19-9-5-15/h2-4,6-8,10-12H,5,9H2,1H3. The highest BCUT2D eigenvalue weighted by molar-refractivity contribution is 5.87. The molecule has 0 fully saturated rings. The van der Waals surface area contributed by atoms with Gasteiger partial charge in [-0.05, 0) is 65.4 Å². The molecule has 0 unspecified atom stereocenters. The van der Waals surface area contributed by atoms with Crippen LogP contribution in [0.25, 0.3) is 16.7 Å². The molecule has 1 aromatic heterocycles. The Morgan fingerprint density at radius 2 is 1.74 bits per heavy atom. The van der Waals surface area contributed by atoms with Gasteiger partial charge in [-0.25, -0.2) is 0 Å². The summed E-state index contributed by atoms with van der Waals surface area (Å²) in [4.78, 5) is 8.32. The predicted molar refractivity (Wildman–Crippen MR) is 80.4 cm³/mol. The molecule has 2 nitrogen and oxygen atoms in total. The number of hydrogen-bond acceptors (Lipinski definition) is 2. The Labute approximate surface area is 113 Å². The van der Waals surface area contributed by atoms with Gasteiger partial charge in [-0.3, -0.25) is 9.98 Å². The molecule has 94 valence electrons. The molecule has 2 heterocycles. The zero-order chi connectivity index (χ0) is 13.1. The molecule has 2 heteroatoms. The average Bonchev–Trinajstić information content (AvgIpc) is 2.48. The molecular weight excluding hydrogens is 232 g/mol. The molecule has 1 aliphatic heterocycles. The van der Waals surface area contributed by atoms with Crippen LogP contribution in [0.3, 0.4) is 0 Å². The molecule has 1 aromatic carbocycles. The Morgan fingerprint density at radius 1 is 0.947 bits per heavy atom. The van der Waals surface area contributed by atoms with E-state index in [2.05, 4.69) is 53.3 Å². The Balaban J connectivity index is 2.06. The van der Waals surface area contributed by atoms with Gasteiger partial charge in [0.1, 0.15) is 0 Å². The lowest BCUT2D eigenvalue weighted by molar-refractivity contribution is 1.02. The van der Waals surface area contributed by atoms with Crippen LogP contribution in [-0.4, -0.2) is 17.7 Å². The number of pyridine rings is 1. The monoisotopic (exact) mass is 248 g/mol. The molecule has 0 bridgehead atoms. The minimum absolute atomic E-state index is 0.893. The summed E-state index contributed by atoms with van der Waals surface area (Å²) < 4.78 is 0. The second kappa shape index (κ2) is 5.19. The van der Waals surface area contributed by atoms with Gasteiger partial charge in [0, 0.05) is 25.2 Å². The van der Waals surface area contributed by atoms with Crippen LogP contribution in [-0.2, 0) is 0 Å². The fourth-order valence-electron chi connectivity index (χ4n) is 2.41. The molecular formula is C17H16N2. The maximum Gasteiger partial charge on any atom is 0.0429 e. The molecule has 2 aromatic rings. The maximum absolute atomic E-state index is 4.25. The smallest absolute Gasteiger partial charge is 0.0429 e. The van der Waals surface area contributed by atoms with Crippen molar-refractivity contribution in [2.45, 2.75) is 13.3 Å². The highest BCUT2D eigenvalue weighted by atomic mass is 14.7. The van der Waals surface area contributed by atoms with Gasteiger partial charge >= 0.3 is 0 Å². The highest BCUT2D eigenvalue weighted by Crippen LogP contribution is 2.27. The molecule has 0 N–H and O–H groups in total. The number of benzene rings is 1. The topological polar surface area (TPSA) is 25.2 Å². The first kappa shape index (κ1) is 11.8. The molecule has 3 rings (SSSR count). The lowest BCUT2D eigenvalue weighted by Crippen LogP contribution is -1.95. The third-order valence-electron chi connectivity index (χ3n) is 3.35. The van der Waals surface area contributed by atoms with Crippen molar-refractivity contribution in [3.63, 3.8) is 0 Å². The minimum Gasteiger partial charge on any atom is -0.293 e. The highest BCUT2D eigenvalue weighted by Gasteiger charge is 2.07. The van der Waals surface area contributed by atoms with Gasteiger partial charge in [-0.1, -0.05) is 12.1 Å². The fourth-order valence-corrected chi connectivity index (χ4v) is 2.41. The first-order valence-electron chi connectivity index (χ1n) is 6.54. The second-order valence-electron chi connectivity index (χ2n) is 4.82. The molecule has 0 saturated carbocycles. The van der Waals surface area contributed by atoms with Crippen LogP contribution in [0.5, 0.6) is 0 Å². The van der Waals surface area contributed by atoms with E-state index in [9.17, 15) is 0 Å². The van der Waals surface area contributed by atoms with E-state index < -0.39 is 0 Å². The van der Waals surface area contributed by atoms with Gasteiger partial charge < -0.3 is 0 Å². The number of rotatable bonds is 2. The minimum atomic E-state index is 0.893. The van der Waals surface area contributed by atoms with Crippen molar-refractivity contribution < 1.29 is 0 Å². The van der Waals surface area contributed by atoms with Crippen molar-refractivity contribution in [3.8, 4) is 11.1 Å². The zero-order valence-corrected chi connectivity index (χ0v) is 11.0. The maximum atomic E-state index is 4.25. The lowest BCUT2D eigenvalue weighted by atomic mass is 9.95. The Bertz CT molecular complexity index is 640. The van der Waals surface area contributed by atoms with Crippen LogP contribution in [0, 0.1) is 6.92 Å². The van der Waals surface area contributed by atoms with Crippen LogP contribution in [0.4, 0.5) is 0 Å². The predicted octanol–water partition coefficient (Wildman–Crippen LogP) is 3.91. The van der Waals surface area contributed by atoms with Crippen molar-refractivity contribution in [2.24, 2.45) is 4.99 Å². The number of aliphatic imine (C=N–C) groups is 1. The van der Waals surface area contributed by atoms with E-state index in [0.717, 1.165) is 13.0 Å². The van der Waals surface area contributed by atoms with Crippen LogP contribution in [0.1, 0.15) is 17.5 Å². The van der Waals surface area contributed by atoms with E-state index in [1.54, 1.807) is 0 Å². The second-order valence-corrected chi connectivity index (χ2v) is 4.82. The summed E-state index contributed by atoms with van der Waals surface area (Å²) in [5.74, 6) is 0. The Kier molecular flexibility index (Phi) is 3.23. The lowest BCUT2D eigenvalue weighted by Gasteiger charge is -2.12. The fraction of sp³-hybridized carbons (Fsp3) is 0.176. The van der Waals surface area contributed by atoms with Crippen molar-refractivity contribution in [1.29, 1.82) is 0 Å². The summed E-state index contributed by atoms with van der Waals surface area (Å²) >= 11 is 0. The van der Waals surface area contributed by atoms with E-state index in [1.165, 1.54) is 27.8 Å². The van der Waals surface area contributed by atoms with Crippen molar-refractivity contribution in [3.05, 3.63) is 59.9 Å². The number of aromatic nitrogens is 1. The van der Waals surface area contributed by atoms with E-state index >= 15 is 0 Å². The van der Waals surface area contributed by atoms with Crippen LogP contribution >= 0.6 is 0 Å². The van der Waals surface area contributed by atoms with E-state index in [-0.39, 0.29) is 0 Å². The van der Waals surface area contributed by atoms with Gasteiger partial charge in [0.25, 0.3) is 0 Å². The normalized spacial score (nSPS) is 14.3. The summed E-state index contributed by atoms with van der Waals surface area (Å²) in [7, 11) is 0. The molecule has 19 heavy (non-hydrogen) atoms. The SMILES string of the molecule is Cc1cc(C2=CC=NCC2)cc(-c2ccncc2)c1. The Morgan fingerprint density at radius 3 is 2.47 bits per heavy atom. The van der Waals surface area contributed by atoms with E-state index in [0.29, 0.717) is 0 Å². The largest absolute Gasteiger partial charge is 0.293 e. The van der Waals surface area contributed by atoms with Crippen LogP contribution in [0.15, 0.2) is 53.8 Å².